The average molecular weight is 304 g/mol. The molecule has 1 unspecified atom stereocenters. The first kappa shape index (κ1) is 11.5. The standard InChI is InChI=1S/C7H8BrClO2S2/c1-13(10,11)4-5(8)6-2-3-7(9)12-6/h2-3,5H,4H2,1H3. The van der Waals surface area contributed by atoms with Crippen molar-refractivity contribution >= 4 is 48.7 Å². The Labute approximate surface area is 95.0 Å². The van der Waals surface area contributed by atoms with E-state index < -0.39 is 9.84 Å². The van der Waals surface area contributed by atoms with Gasteiger partial charge in [0.05, 0.1) is 14.9 Å². The van der Waals surface area contributed by atoms with Gasteiger partial charge in [0, 0.05) is 11.1 Å². The van der Waals surface area contributed by atoms with E-state index in [1.807, 2.05) is 6.07 Å². The highest BCUT2D eigenvalue weighted by atomic mass is 79.9. The van der Waals surface area contributed by atoms with Crippen LogP contribution in [0.5, 0.6) is 0 Å². The molecule has 0 bridgehead atoms. The van der Waals surface area contributed by atoms with E-state index in [1.165, 1.54) is 17.6 Å². The summed E-state index contributed by atoms with van der Waals surface area (Å²) in [6, 6.07) is 3.59. The van der Waals surface area contributed by atoms with Gasteiger partial charge >= 0.3 is 0 Å². The van der Waals surface area contributed by atoms with E-state index in [4.69, 9.17) is 11.6 Å². The predicted molar refractivity (Wildman–Crippen MR) is 60.7 cm³/mol. The fourth-order valence-electron chi connectivity index (χ4n) is 0.845. The summed E-state index contributed by atoms with van der Waals surface area (Å²) in [5.41, 5.74) is 0. The van der Waals surface area contributed by atoms with E-state index in [9.17, 15) is 8.42 Å². The van der Waals surface area contributed by atoms with Gasteiger partial charge in [0.2, 0.25) is 0 Å². The lowest BCUT2D eigenvalue weighted by Crippen LogP contribution is -2.07. The molecule has 6 heteroatoms. The first-order valence-electron chi connectivity index (χ1n) is 3.45. The summed E-state index contributed by atoms with van der Waals surface area (Å²) in [5, 5.41) is 0. The molecule has 1 rings (SSSR count). The van der Waals surface area contributed by atoms with Gasteiger partial charge < -0.3 is 0 Å². The maximum Gasteiger partial charge on any atom is 0.148 e. The minimum absolute atomic E-state index is 0.101. The number of alkyl halides is 1. The number of hydrogen-bond acceptors (Lipinski definition) is 3. The van der Waals surface area contributed by atoms with E-state index in [0.717, 1.165) is 4.88 Å². The van der Waals surface area contributed by atoms with Gasteiger partial charge in [-0.2, -0.15) is 0 Å². The zero-order valence-corrected chi connectivity index (χ0v) is 10.8. The highest BCUT2D eigenvalue weighted by Gasteiger charge is 2.15. The monoisotopic (exact) mass is 302 g/mol. The molecule has 13 heavy (non-hydrogen) atoms. The van der Waals surface area contributed by atoms with Gasteiger partial charge in [0.15, 0.2) is 0 Å². The molecule has 1 aromatic rings. The molecule has 0 aliphatic heterocycles. The van der Waals surface area contributed by atoms with Gasteiger partial charge in [-0.05, 0) is 12.1 Å². The van der Waals surface area contributed by atoms with Crippen molar-refractivity contribution in [3.63, 3.8) is 0 Å². The van der Waals surface area contributed by atoms with Gasteiger partial charge in [0.25, 0.3) is 0 Å². The second-order valence-corrected chi connectivity index (χ2v) is 7.74. The third-order valence-corrected chi connectivity index (χ3v) is 5.18. The van der Waals surface area contributed by atoms with Crippen molar-refractivity contribution in [3.05, 3.63) is 21.3 Å². The first-order valence-corrected chi connectivity index (χ1v) is 7.62. The highest BCUT2D eigenvalue weighted by molar-refractivity contribution is 9.09. The van der Waals surface area contributed by atoms with Gasteiger partial charge in [0.1, 0.15) is 9.84 Å². The Hall–Kier alpha value is 0.420. The zero-order chi connectivity index (χ0) is 10.1. The Balaban J connectivity index is 2.75. The molecule has 0 aliphatic carbocycles. The molecule has 0 saturated carbocycles. The molecule has 74 valence electrons. The van der Waals surface area contributed by atoms with Crippen molar-refractivity contribution in [2.24, 2.45) is 0 Å². The van der Waals surface area contributed by atoms with Crippen molar-refractivity contribution in [2.75, 3.05) is 12.0 Å². The average Bonchev–Trinajstić information content (AvgIpc) is 2.31. The molecule has 0 aromatic carbocycles. The van der Waals surface area contributed by atoms with Gasteiger partial charge in [-0.3, -0.25) is 0 Å². The Morgan fingerprint density at radius 1 is 1.62 bits per heavy atom. The van der Waals surface area contributed by atoms with Crippen LogP contribution in [0.25, 0.3) is 0 Å². The molecule has 0 amide bonds. The minimum Gasteiger partial charge on any atom is -0.229 e. The molecule has 2 nitrogen and oxygen atoms in total. The largest absolute Gasteiger partial charge is 0.229 e. The molecule has 1 heterocycles. The van der Waals surface area contributed by atoms with Crippen LogP contribution in [0.4, 0.5) is 0 Å². The Morgan fingerprint density at radius 3 is 2.62 bits per heavy atom. The van der Waals surface area contributed by atoms with Crippen LogP contribution in [0.3, 0.4) is 0 Å². The number of thiophene rings is 1. The van der Waals surface area contributed by atoms with Gasteiger partial charge in [-0.15, -0.1) is 11.3 Å². The van der Waals surface area contributed by atoms with Crippen LogP contribution in [0, 0.1) is 0 Å². The molecule has 1 atom stereocenters. The van der Waals surface area contributed by atoms with Gasteiger partial charge in [-0.1, -0.05) is 27.5 Å². The lowest BCUT2D eigenvalue weighted by atomic mass is 10.4. The van der Waals surface area contributed by atoms with Crippen molar-refractivity contribution < 1.29 is 8.42 Å². The Morgan fingerprint density at radius 2 is 2.23 bits per heavy atom. The third kappa shape index (κ3) is 3.97. The number of rotatable bonds is 3. The fraction of sp³-hybridized carbons (Fsp3) is 0.429. The smallest absolute Gasteiger partial charge is 0.148 e. The maximum absolute atomic E-state index is 11.0. The van der Waals surface area contributed by atoms with Crippen molar-refractivity contribution in [3.8, 4) is 0 Å². The zero-order valence-electron chi connectivity index (χ0n) is 6.83. The fourth-order valence-corrected chi connectivity index (χ4v) is 4.57. The molecule has 0 spiro atoms. The lowest BCUT2D eigenvalue weighted by Gasteiger charge is -2.04. The summed E-state index contributed by atoms with van der Waals surface area (Å²) in [4.78, 5) is 0.787. The molecule has 1 aromatic heterocycles. The molecular weight excluding hydrogens is 296 g/mol. The van der Waals surface area contributed by atoms with E-state index in [0.29, 0.717) is 4.34 Å². The number of halogens is 2. The van der Waals surface area contributed by atoms with E-state index in [-0.39, 0.29) is 10.6 Å². The van der Waals surface area contributed by atoms with Crippen molar-refractivity contribution in [1.29, 1.82) is 0 Å². The van der Waals surface area contributed by atoms with Crippen LogP contribution in [-0.2, 0) is 9.84 Å². The summed E-state index contributed by atoms with van der Waals surface area (Å²) in [6.45, 7) is 0. The maximum atomic E-state index is 11.0. The summed E-state index contributed by atoms with van der Waals surface area (Å²) in [7, 11) is -2.95. The quantitative estimate of drug-likeness (QED) is 0.805. The summed E-state index contributed by atoms with van der Waals surface area (Å²) in [6.07, 6.45) is 1.22. The molecule has 0 aliphatic rings. The number of hydrogen-bond donors (Lipinski definition) is 0. The SMILES string of the molecule is CS(=O)(=O)CC(Br)c1ccc(Cl)s1. The van der Waals surface area contributed by atoms with E-state index >= 15 is 0 Å². The Bertz CT molecular complexity index is 385. The summed E-state index contributed by atoms with van der Waals surface area (Å²) >= 11 is 10.4. The van der Waals surface area contributed by atoms with Crippen LogP contribution in [0.15, 0.2) is 12.1 Å². The topological polar surface area (TPSA) is 34.1 Å². The molecule has 0 N–H and O–H groups in total. The van der Waals surface area contributed by atoms with E-state index in [2.05, 4.69) is 15.9 Å². The van der Waals surface area contributed by atoms with Crippen LogP contribution in [-0.4, -0.2) is 20.4 Å². The van der Waals surface area contributed by atoms with Crippen molar-refractivity contribution in [2.45, 2.75) is 4.83 Å². The molecule has 0 fully saturated rings. The third-order valence-electron chi connectivity index (χ3n) is 1.35. The van der Waals surface area contributed by atoms with Gasteiger partial charge in [-0.25, -0.2) is 8.42 Å². The molecule has 0 radical (unpaired) electrons. The van der Waals surface area contributed by atoms with Crippen molar-refractivity contribution in [1.82, 2.24) is 0 Å². The first-order chi connectivity index (χ1) is 5.88. The Kier molecular flexibility index (Phi) is 3.80. The summed E-state index contributed by atoms with van der Waals surface area (Å²) in [5.74, 6) is 0.101. The predicted octanol–water partition coefficient (Wildman–Crippen LogP) is 2.88. The normalized spacial score (nSPS) is 14.4. The molecular formula is C7H8BrClO2S2. The van der Waals surface area contributed by atoms with E-state index in [1.54, 1.807) is 6.07 Å². The lowest BCUT2D eigenvalue weighted by molar-refractivity contribution is 0.601. The minimum atomic E-state index is -2.95. The van der Waals surface area contributed by atoms with Crippen LogP contribution in [0.1, 0.15) is 9.70 Å². The summed E-state index contributed by atoms with van der Waals surface area (Å²) < 4.78 is 22.6. The second-order valence-electron chi connectivity index (χ2n) is 2.70. The highest BCUT2D eigenvalue weighted by Crippen LogP contribution is 2.32. The number of sulfone groups is 1. The molecule has 0 saturated heterocycles. The van der Waals surface area contributed by atoms with Crippen LogP contribution >= 0.6 is 38.9 Å². The van der Waals surface area contributed by atoms with Crippen LogP contribution in [0.2, 0.25) is 4.34 Å². The van der Waals surface area contributed by atoms with Crippen LogP contribution < -0.4 is 0 Å². The second kappa shape index (κ2) is 4.29.